The van der Waals surface area contributed by atoms with Gasteiger partial charge in [0.15, 0.2) is 0 Å². The van der Waals surface area contributed by atoms with Crippen molar-refractivity contribution in [1.29, 1.82) is 0 Å². The standard InChI is InChI=1S/C9H6N2O2S/c12-9(13)7-1-6(2-10-3-7)8-4-14-5-11-8/h1-5H,(H,12,13). The van der Waals surface area contributed by atoms with E-state index in [9.17, 15) is 4.79 Å². The number of aromatic carboxylic acids is 1. The van der Waals surface area contributed by atoms with Crippen LogP contribution in [0.1, 0.15) is 10.4 Å². The van der Waals surface area contributed by atoms with Gasteiger partial charge in [-0.1, -0.05) is 0 Å². The normalized spacial score (nSPS) is 10.0. The van der Waals surface area contributed by atoms with Crippen LogP contribution in [0.25, 0.3) is 11.3 Å². The first-order valence-corrected chi connectivity index (χ1v) is 4.78. The quantitative estimate of drug-likeness (QED) is 0.815. The Kier molecular flexibility index (Phi) is 2.24. The van der Waals surface area contributed by atoms with Gasteiger partial charge >= 0.3 is 5.97 Å². The van der Waals surface area contributed by atoms with Gasteiger partial charge in [-0.25, -0.2) is 9.78 Å². The number of rotatable bonds is 2. The third-order valence-electron chi connectivity index (χ3n) is 1.71. The van der Waals surface area contributed by atoms with Gasteiger partial charge in [0.2, 0.25) is 0 Å². The Morgan fingerprint density at radius 2 is 2.29 bits per heavy atom. The molecule has 0 bridgehead atoms. The van der Waals surface area contributed by atoms with Crippen LogP contribution in [0.3, 0.4) is 0 Å². The van der Waals surface area contributed by atoms with Crippen LogP contribution in [0, 0.1) is 0 Å². The van der Waals surface area contributed by atoms with Crippen molar-refractivity contribution >= 4 is 17.3 Å². The molecule has 0 aromatic carbocycles. The Bertz CT molecular complexity index is 454. The van der Waals surface area contributed by atoms with Crippen molar-refractivity contribution in [2.45, 2.75) is 0 Å². The summed E-state index contributed by atoms with van der Waals surface area (Å²) in [4.78, 5) is 18.6. The summed E-state index contributed by atoms with van der Waals surface area (Å²) in [7, 11) is 0. The molecule has 0 aliphatic carbocycles. The lowest BCUT2D eigenvalue weighted by molar-refractivity contribution is 0.0696. The third kappa shape index (κ3) is 1.62. The first-order chi connectivity index (χ1) is 6.77. The molecule has 70 valence electrons. The van der Waals surface area contributed by atoms with E-state index in [0.29, 0.717) is 0 Å². The summed E-state index contributed by atoms with van der Waals surface area (Å²) < 4.78 is 0. The largest absolute Gasteiger partial charge is 0.478 e. The monoisotopic (exact) mass is 206 g/mol. The molecule has 0 saturated carbocycles. The molecule has 0 unspecified atom stereocenters. The van der Waals surface area contributed by atoms with E-state index in [1.165, 1.54) is 17.5 Å². The van der Waals surface area contributed by atoms with Gasteiger partial charge in [0.05, 0.1) is 16.8 Å². The number of carboxylic acids is 1. The summed E-state index contributed by atoms with van der Waals surface area (Å²) in [6, 6.07) is 1.56. The molecule has 14 heavy (non-hydrogen) atoms. The van der Waals surface area contributed by atoms with Crippen LogP contribution in [0.4, 0.5) is 0 Å². The number of nitrogens with zero attached hydrogens (tertiary/aromatic N) is 2. The van der Waals surface area contributed by atoms with Crippen molar-refractivity contribution < 1.29 is 9.90 Å². The molecule has 2 heterocycles. The van der Waals surface area contributed by atoms with Crippen LogP contribution >= 0.6 is 11.3 Å². The van der Waals surface area contributed by atoms with Gasteiger partial charge in [-0.05, 0) is 6.07 Å². The van der Waals surface area contributed by atoms with E-state index in [-0.39, 0.29) is 5.56 Å². The minimum absolute atomic E-state index is 0.176. The van der Waals surface area contributed by atoms with E-state index < -0.39 is 5.97 Å². The van der Waals surface area contributed by atoms with Crippen molar-refractivity contribution in [2.24, 2.45) is 0 Å². The Balaban J connectivity index is 2.46. The van der Waals surface area contributed by atoms with Crippen molar-refractivity contribution in [2.75, 3.05) is 0 Å². The first kappa shape index (κ1) is 8.83. The summed E-state index contributed by atoms with van der Waals surface area (Å²) in [6.07, 6.45) is 2.92. The molecular formula is C9H6N2O2S. The minimum atomic E-state index is -0.977. The maximum absolute atomic E-state index is 10.7. The maximum Gasteiger partial charge on any atom is 0.337 e. The summed E-state index contributed by atoms with van der Waals surface area (Å²) in [5.74, 6) is -0.977. The van der Waals surface area contributed by atoms with Gasteiger partial charge < -0.3 is 5.11 Å². The van der Waals surface area contributed by atoms with Crippen LogP contribution in [0.15, 0.2) is 29.4 Å². The molecule has 0 radical (unpaired) electrons. The SMILES string of the molecule is O=C(O)c1cncc(-c2cscn2)c1. The summed E-state index contributed by atoms with van der Waals surface area (Å²) in [5, 5.41) is 10.6. The zero-order valence-electron chi connectivity index (χ0n) is 7.04. The predicted octanol–water partition coefficient (Wildman–Crippen LogP) is 1.90. The number of thiazole rings is 1. The zero-order valence-corrected chi connectivity index (χ0v) is 7.86. The predicted molar refractivity (Wildman–Crippen MR) is 52.3 cm³/mol. The van der Waals surface area contributed by atoms with Crippen LogP contribution in [0.5, 0.6) is 0 Å². The number of aromatic nitrogens is 2. The second-order valence-corrected chi connectivity index (χ2v) is 3.36. The Morgan fingerprint density at radius 1 is 1.43 bits per heavy atom. The molecule has 0 atom stereocenters. The highest BCUT2D eigenvalue weighted by molar-refractivity contribution is 7.07. The van der Waals surface area contributed by atoms with Crippen LogP contribution in [-0.2, 0) is 0 Å². The molecule has 4 nitrogen and oxygen atoms in total. The first-order valence-electron chi connectivity index (χ1n) is 3.84. The van der Waals surface area contributed by atoms with E-state index >= 15 is 0 Å². The molecule has 5 heteroatoms. The molecular weight excluding hydrogens is 200 g/mol. The topological polar surface area (TPSA) is 63.1 Å². The summed E-state index contributed by atoms with van der Waals surface area (Å²) >= 11 is 1.46. The molecule has 2 aromatic heterocycles. The lowest BCUT2D eigenvalue weighted by Gasteiger charge is -1.97. The Morgan fingerprint density at radius 3 is 2.93 bits per heavy atom. The lowest BCUT2D eigenvalue weighted by atomic mass is 10.2. The molecule has 0 spiro atoms. The van der Waals surface area contributed by atoms with E-state index in [0.717, 1.165) is 11.3 Å². The average molecular weight is 206 g/mol. The van der Waals surface area contributed by atoms with Gasteiger partial charge in [0, 0.05) is 23.3 Å². The van der Waals surface area contributed by atoms with Gasteiger partial charge in [-0.15, -0.1) is 11.3 Å². The van der Waals surface area contributed by atoms with Gasteiger partial charge in [-0.3, -0.25) is 4.98 Å². The van der Waals surface area contributed by atoms with Crippen molar-refractivity contribution in [3.05, 3.63) is 34.9 Å². The lowest BCUT2D eigenvalue weighted by Crippen LogP contribution is -1.97. The van der Waals surface area contributed by atoms with Crippen molar-refractivity contribution in [3.63, 3.8) is 0 Å². The highest BCUT2D eigenvalue weighted by atomic mass is 32.1. The van der Waals surface area contributed by atoms with E-state index in [1.54, 1.807) is 17.8 Å². The minimum Gasteiger partial charge on any atom is -0.478 e. The molecule has 0 saturated heterocycles. The Labute approximate surface area is 83.9 Å². The van der Waals surface area contributed by atoms with Crippen molar-refractivity contribution in [3.8, 4) is 11.3 Å². The average Bonchev–Trinajstić information content (AvgIpc) is 2.71. The Hall–Kier alpha value is -1.75. The fourth-order valence-electron chi connectivity index (χ4n) is 1.05. The van der Waals surface area contributed by atoms with Gasteiger partial charge in [-0.2, -0.15) is 0 Å². The highest BCUT2D eigenvalue weighted by Crippen LogP contribution is 2.18. The second kappa shape index (κ2) is 3.55. The van der Waals surface area contributed by atoms with Crippen LogP contribution < -0.4 is 0 Å². The zero-order chi connectivity index (χ0) is 9.97. The van der Waals surface area contributed by atoms with E-state index in [2.05, 4.69) is 9.97 Å². The van der Waals surface area contributed by atoms with Gasteiger partial charge in [0.25, 0.3) is 0 Å². The highest BCUT2D eigenvalue weighted by Gasteiger charge is 2.06. The van der Waals surface area contributed by atoms with Crippen LogP contribution in [0.2, 0.25) is 0 Å². The molecule has 0 fully saturated rings. The molecule has 2 rings (SSSR count). The van der Waals surface area contributed by atoms with Gasteiger partial charge in [0.1, 0.15) is 0 Å². The van der Waals surface area contributed by atoms with E-state index in [1.807, 2.05) is 5.38 Å². The number of hydrogen-bond acceptors (Lipinski definition) is 4. The van der Waals surface area contributed by atoms with E-state index in [4.69, 9.17) is 5.11 Å². The number of carbonyl (C=O) groups is 1. The third-order valence-corrected chi connectivity index (χ3v) is 2.30. The summed E-state index contributed by atoms with van der Waals surface area (Å²) in [5.41, 5.74) is 3.36. The summed E-state index contributed by atoms with van der Waals surface area (Å²) in [6.45, 7) is 0. The smallest absolute Gasteiger partial charge is 0.337 e. The molecule has 2 aromatic rings. The number of hydrogen-bond donors (Lipinski definition) is 1. The van der Waals surface area contributed by atoms with Crippen LogP contribution in [-0.4, -0.2) is 21.0 Å². The maximum atomic E-state index is 10.7. The molecule has 0 aliphatic heterocycles. The second-order valence-electron chi connectivity index (χ2n) is 2.64. The fourth-order valence-corrected chi connectivity index (χ4v) is 1.61. The van der Waals surface area contributed by atoms with Crippen molar-refractivity contribution in [1.82, 2.24) is 9.97 Å². The fraction of sp³-hybridized carbons (Fsp3) is 0. The number of pyridine rings is 1. The molecule has 1 N–H and O–H groups in total. The molecule has 0 aliphatic rings. The number of carboxylic acid groups (broad SMARTS) is 1. The molecule has 0 amide bonds.